The summed E-state index contributed by atoms with van der Waals surface area (Å²) in [7, 11) is 0. The molecule has 0 fully saturated rings. The van der Waals surface area contributed by atoms with Gasteiger partial charge in [0.15, 0.2) is 11.5 Å². The number of carbonyl (C=O) groups is 2. The van der Waals surface area contributed by atoms with E-state index < -0.39 is 23.1 Å². The number of benzene rings is 1. The van der Waals surface area contributed by atoms with Crippen LogP contribution in [0.25, 0.3) is 0 Å². The summed E-state index contributed by atoms with van der Waals surface area (Å²) in [5.41, 5.74) is 1.21. The number of aliphatic hydroxyl groups is 1. The van der Waals surface area contributed by atoms with E-state index in [1.165, 1.54) is 11.2 Å². The van der Waals surface area contributed by atoms with Crippen molar-refractivity contribution in [2.75, 3.05) is 0 Å². The summed E-state index contributed by atoms with van der Waals surface area (Å²) < 4.78 is 5.38. The van der Waals surface area contributed by atoms with Gasteiger partial charge in [-0.2, -0.15) is 0 Å². The van der Waals surface area contributed by atoms with Crippen LogP contribution in [0.4, 0.5) is 0 Å². The van der Waals surface area contributed by atoms with Gasteiger partial charge in [-0.05, 0) is 30.2 Å². The van der Waals surface area contributed by atoms with E-state index >= 15 is 0 Å². The van der Waals surface area contributed by atoms with E-state index in [-0.39, 0.29) is 17.9 Å². The molecule has 0 bridgehead atoms. The fourth-order valence-corrected chi connectivity index (χ4v) is 3.24. The minimum absolute atomic E-state index is 0.156. The smallest absolute Gasteiger partial charge is 0.290 e. The van der Waals surface area contributed by atoms with Crippen LogP contribution in [0, 0.1) is 12.3 Å². The number of furan rings is 1. The van der Waals surface area contributed by atoms with E-state index in [1.54, 1.807) is 32.9 Å². The highest BCUT2D eigenvalue weighted by molar-refractivity contribution is 6.10. The third-order valence-corrected chi connectivity index (χ3v) is 4.62. The highest BCUT2D eigenvalue weighted by atomic mass is 16.3. The molecule has 2 heterocycles. The zero-order valence-corrected chi connectivity index (χ0v) is 15.4. The van der Waals surface area contributed by atoms with Crippen molar-refractivity contribution < 1.29 is 19.1 Å². The Balaban J connectivity index is 2.13. The predicted molar refractivity (Wildman–Crippen MR) is 97.3 cm³/mol. The Morgan fingerprint density at radius 2 is 1.88 bits per heavy atom. The molecule has 1 aliphatic heterocycles. The van der Waals surface area contributed by atoms with Gasteiger partial charge >= 0.3 is 0 Å². The summed E-state index contributed by atoms with van der Waals surface area (Å²) in [6.45, 7) is 7.45. The molecule has 0 aliphatic carbocycles. The lowest BCUT2D eigenvalue weighted by molar-refractivity contribution is -0.130. The van der Waals surface area contributed by atoms with Crippen LogP contribution in [0.15, 0.2) is 58.4 Å². The molecule has 136 valence electrons. The third kappa shape index (κ3) is 3.05. The van der Waals surface area contributed by atoms with Gasteiger partial charge in [0.2, 0.25) is 0 Å². The van der Waals surface area contributed by atoms with Crippen LogP contribution in [0.3, 0.4) is 0 Å². The SMILES string of the molecule is Cc1ccccc1C1C(C(=O)C(C)(C)C)=C(O)C(=O)N1Cc1ccco1. The zero-order valence-electron chi connectivity index (χ0n) is 15.4. The van der Waals surface area contributed by atoms with Gasteiger partial charge in [-0.3, -0.25) is 9.59 Å². The number of nitrogens with zero attached hydrogens (tertiary/aromatic N) is 1. The van der Waals surface area contributed by atoms with E-state index in [4.69, 9.17) is 4.42 Å². The molecule has 1 aliphatic rings. The molecule has 0 spiro atoms. The van der Waals surface area contributed by atoms with Crippen molar-refractivity contribution in [3.8, 4) is 0 Å². The molecule has 2 aromatic rings. The van der Waals surface area contributed by atoms with Gasteiger partial charge in [-0.25, -0.2) is 0 Å². The van der Waals surface area contributed by atoms with Crippen LogP contribution < -0.4 is 0 Å². The summed E-state index contributed by atoms with van der Waals surface area (Å²) in [5.74, 6) is -0.667. The van der Waals surface area contributed by atoms with Crippen LogP contribution in [-0.4, -0.2) is 21.7 Å². The summed E-state index contributed by atoms with van der Waals surface area (Å²) in [4.78, 5) is 27.3. The average molecular weight is 353 g/mol. The molecule has 5 nitrogen and oxygen atoms in total. The number of aryl methyl sites for hydroxylation is 1. The van der Waals surface area contributed by atoms with Crippen molar-refractivity contribution in [1.82, 2.24) is 4.90 Å². The second-order valence-electron chi connectivity index (χ2n) is 7.61. The Kier molecular flexibility index (Phi) is 4.48. The van der Waals surface area contributed by atoms with E-state index in [2.05, 4.69) is 0 Å². The summed E-state index contributed by atoms with van der Waals surface area (Å²) in [6, 6.07) is 10.5. The highest BCUT2D eigenvalue weighted by Gasteiger charge is 2.46. The molecular formula is C21H23NO4. The number of carbonyl (C=O) groups excluding carboxylic acids is 2. The Hall–Kier alpha value is -2.82. The molecule has 1 amide bonds. The third-order valence-electron chi connectivity index (χ3n) is 4.62. The number of ketones is 1. The molecule has 0 saturated heterocycles. The van der Waals surface area contributed by atoms with Crippen molar-refractivity contribution >= 4 is 11.7 Å². The molecule has 5 heteroatoms. The lowest BCUT2D eigenvalue weighted by Gasteiger charge is -2.29. The molecule has 0 saturated carbocycles. The molecule has 1 N–H and O–H groups in total. The second-order valence-corrected chi connectivity index (χ2v) is 7.61. The van der Waals surface area contributed by atoms with Gasteiger partial charge in [0.25, 0.3) is 5.91 Å². The molecule has 3 rings (SSSR count). The Morgan fingerprint density at radius 1 is 1.19 bits per heavy atom. The highest BCUT2D eigenvalue weighted by Crippen LogP contribution is 2.42. The molecule has 26 heavy (non-hydrogen) atoms. The van der Waals surface area contributed by atoms with Crippen molar-refractivity contribution in [3.05, 3.63) is 70.9 Å². The van der Waals surface area contributed by atoms with Crippen LogP contribution in [0.5, 0.6) is 0 Å². The fraction of sp³-hybridized carbons (Fsp3) is 0.333. The first-order valence-corrected chi connectivity index (χ1v) is 8.58. The van der Waals surface area contributed by atoms with E-state index in [1.807, 2.05) is 31.2 Å². The molecular weight excluding hydrogens is 330 g/mol. The van der Waals surface area contributed by atoms with Crippen molar-refractivity contribution in [2.24, 2.45) is 5.41 Å². The van der Waals surface area contributed by atoms with Gasteiger partial charge in [-0.1, -0.05) is 45.0 Å². The minimum atomic E-state index is -0.717. The molecule has 1 unspecified atom stereocenters. The van der Waals surface area contributed by atoms with Gasteiger partial charge in [-0.15, -0.1) is 0 Å². The van der Waals surface area contributed by atoms with Crippen LogP contribution in [0.1, 0.15) is 43.7 Å². The van der Waals surface area contributed by atoms with E-state index in [9.17, 15) is 14.7 Å². The zero-order chi connectivity index (χ0) is 19.1. The maximum absolute atomic E-state index is 13.0. The monoisotopic (exact) mass is 353 g/mol. The quantitative estimate of drug-likeness (QED) is 0.898. The number of amides is 1. The Morgan fingerprint density at radius 3 is 2.46 bits per heavy atom. The first kappa shape index (κ1) is 18.0. The van der Waals surface area contributed by atoms with E-state index in [0.29, 0.717) is 5.76 Å². The van der Waals surface area contributed by atoms with Crippen LogP contribution in [-0.2, 0) is 16.1 Å². The Labute approximate surface area is 152 Å². The minimum Gasteiger partial charge on any atom is -0.503 e. The summed E-state index contributed by atoms with van der Waals surface area (Å²) in [6.07, 6.45) is 1.53. The lowest BCUT2D eigenvalue weighted by atomic mass is 9.81. The Bertz CT molecular complexity index is 872. The summed E-state index contributed by atoms with van der Waals surface area (Å²) in [5, 5.41) is 10.5. The number of rotatable bonds is 4. The van der Waals surface area contributed by atoms with Gasteiger partial charge in [0.1, 0.15) is 5.76 Å². The molecule has 1 atom stereocenters. The largest absolute Gasteiger partial charge is 0.503 e. The molecule has 0 radical (unpaired) electrons. The van der Waals surface area contributed by atoms with Crippen molar-refractivity contribution in [2.45, 2.75) is 40.3 Å². The number of aliphatic hydroxyl groups excluding tert-OH is 1. The summed E-state index contributed by atoms with van der Waals surface area (Å²) >= 11 is 0. The van der Waals surface area contributed by atoms with Gasteiger partial charge in [0, 0.05) is 5.41 Å². The normalized spacial score (nSPS) is 17.9. The number of hydrogen-bond acceptors (Lipinski definition) is 4. The second kappa shape index (κ2) is 6.48. The predicted octanol–water partition coefficient (Wildman–Crippen LogP) is 4.10. The van der Waals surface area contributed by atoms with Crippen LogP contribution >= 0.6 is 0 Å². The fourth-order valence-electron chi connectivity index (χ4n) is 3.24. The van der Waals surface area contributed by atoms with Crippen molar-refractivity contribution in [1.29, 1.82) is 0 Å². The maximum Gasteiger partial charge on any atom is 0.290 e. The molecule has 1 aromatic carbocycles. The van der Waals surface area contributed by atoms with Gasteiger partial charge in [0.05, 0.1) is 24.4 Å². The number of hydrogen-bond donors (Lipinski definition) is 1. The lowest BCUT2D eigenvalue weighted by Crippen LogP contribution is -2.32. The average Bonchev–Trinajstić information content (AvgIpc) is 3.16. The number of Topliss-reactive ketones (excluding diaryl/α,β-unsaturated/α-hetero) is 1. The topological polar surface area (TPSA) is 70.8 Å². The van der Waals surface area contributed by atoms with Crippen molar-refractivity contribution in [3.63, 3.8) is 0 Å². The van der Waals surface area contributed by atoms with Crippen LogP contribution in [0.2, 0.25) is 0 Å². The molecule has 1 aromatic heterocycles. The van der Waals surface area contributed by atoms with E-state index in [0.717, 1.165) is 11.1 Å². The standard InChI is InChI=1S/C21H23NO4/c1-13-8-5-6-10-15(13)17-16(19(24)21(2,3)4)18(23)20(25)22(17)12-14-9-7-11-26-14/h5-11,17,23H,12H2,1-4H3. The first-order valence-electron chi connectivity index (χ1n) is 8.58. The maximum atomic E-state index is 13.0. The first-order chi connectivity index (χ1) is 12.2. The van der Waals surface area contributed by atoms with Gasteiger partial charge < -0.3 is 14.4 Å².